The minimum atomic E-state index is 0.383. The largest absolute Gasteiger partial charge is 0.370 e. The van der Waals surface area contributed by atoms with Gasteiger partial charge in [-0.25, -0.2) is 0 Å². The second-order valence-electron chi connectivity index (χ2n) is 4.34. The molecule has 4 heteroatoms. The van der Waals surface area contributed by atoms with Crippen molar-refractivity contribution in [1.82, 2.24) is 10.2 Å². The Kier molecular flexibility index (Phi) is 6.28. The molecule has 0 radical (unpaired) electrons. The molecule has 0 amide bonds. The van der Waals surface area contributed by atoms with Gasteiger partial charge in [0, 0.05) is 19.6 Å². The van der Waals surface area contributed by atoms with Gasteiger partial charge in [-0.3, -0.25) is 4.99 Å². The van der Waals surface area contributed by atoms with Crippen LogP contribution in [0.15, 0.2) is 4.99 Å². The lowest BCUT2D eigenvalue weighted by molar-refractivity contribution is 0.327. The standard InChI is InChI=1S/C10H24N4/c1-8(2)6-9(7-14(4)5)13-10(11)12-3/h8-9H,6-7H2,1-5H3,(H3,11,12,13). The van der Waals surface area contributed by atoms with Gasteiger partial charge in [0.25, 0.3) is 0 Å². The molecule has 0 saturated carbocycles. The van der Waals surface area contributed by atoms with E-state index in [1.165, 1.54) is 0 Å². The molecule has 0 bridgehead atoms. The summed E-state index contributed by atoms with van der Waals surface area (Å²) in [6.07, 6.45) is 1.11. The molecular formula is C10H24N4. The van der Waals surface area contributed by atoms with Crippen molar-refractivity contribution in [2.45, 2.75) is 26.3 Å². The molecule has 0 fully saturated rings. The van der Waals surface area contributed by atoms with Gasteiger partial charge in [-0.05, 0) is 26.4 Å². The van der Waals surface area contributed by atoms with Crippen LogP contribution in [0.1, 0.15) is 20.3 Å². The Morgan fingerprint density at radius 2 is 2.00 bits per heavy atom. The van der Waals surface area contributed by atoms with Gasteiger partial charge in [0.05, 0.1) is 0 Å². The normalized spacial score (nSPS) is 14.9. The zero-order valence-corrected chi connectivity index (χ0v) is 10.0. The zero-order valence-electron chi connectivity index (χ0n) is 10.0. The van der Waals surface area contributed by atoms with E-state index in [0.717, 1.165) is 13.0 Å². The zero-order chi connectivity index (χ0) is 11.1. The number of nitrogens with zero attached hydrogens (tertiary/aromatic N) is 2. The molecule has 0 rings (SSSR count). The van der Waals surface area contributed by atoms with Crippen LogP contribution in [0, 0.1) is 5.92 Å². The first-order valence-electron chi connectivity index (χ1n) is 5.09. The predicted molar refractivity (Wildman–Crippen MR) is 62.5 cm³/mol. The second kappa shape index (κ2) is 6.65. The molecule has 0 spiro atoms. The Hall–Kier alpha value is -0.770. The monoisotopic (exact) mass is 200 g/mol. The molecule has 0 aromatic heterocycles. The van der Waals surface area contributed by atoms with Gasteiger partial charge in [-0.15, -0.1) is 0 Å². The van der Waals surface area contributed by atoms with E-state index in [4.69, 9.17) is 5.73 Å². The van der Waals surface area contributed by atoms with E-state index >= 15 is 0 Å². The predicted octanol–water partition coefficient (Wildman–Crippen LogP) is 0.497. The number of hydrogen-bond donors (Lipinski definition) is 2. The third-order valence-electron chi connectivity index (χ3n) is 1.93. The number of aliphatic imine (C=N–C) groups is 1. The quantitative estimate of drug-likeness (QED) is 0.502. The summed E-state index contributed by atoms with van der Waals surface area (Å²) >= 11 is 0. The Bertz CT molecular complexity index is 165. The molecule has 0 aliphatic carbocycles. The molecular weight excluding hydrogens is 176 g/mol. The molecule has 3 N–H and O–H groups in total. The summed E-state index contributed by atoms with van der Waals surface area (Å²) in [6.45, 7) is 5.40. The summed E-state index contributed by atoms with van der Waals surface area (Å²) in [5.41, 5.74) is 5.65. The number of rotatable bonds is 5. The van der Waals surface area contributed by atoms with Gasteiger partial charge in [0.15, 0.2) is 5.96 Å². The molecule has 1 unspecified atom stereocenters. The highest BCUT2D eigenvalue weighted by molar-refractivity contribution is 5.77. The van der Waals surface area contributed by atoms with E-state index < -0.39 is 0 Å². The van der Waals surface area contributed by atoms with Gasteiger partial charge in [0.1, 0.15) is 0 Å². The van der Waals surface area contributed by atoms with Gasteiger partial charge < -0.3 is 16.0 Å². The van der Waals surface area contributed by atoms with Crippen LogP contribution >= 0.6 is 0 Å². The fraction of sp³-hybridized carbons (Fsp3) is 0.900. The highest BCUT2D eigenvalue weighted by Crippen LogP contribution is 2.05. The first-order valence-corrected chi connectivity index (χ1v) is 5.09. The third-order valence-corrected chi connectivity index (χ3v) is 1.93. The van der Waals surface area contributed by atoms with E-state index in [1.807, 2.05) is 0 Å². The molecule has 84 valence electrons. The molecule has 0 saturated heterocycles. The van der Waals surface area contributed by atoms with Gasteiger partial charge in [-0.1, -0.05) is 13.8 Å². The van der Waals surface area contributed by atoms with Crippen molar-refractivity contribution >= 4 is 5.96 Å². The average molecular weight is 200 g/mol. The van der Waals surface area contributed by atoms with E-state index in [-0.39, 0.29) is 0 Å². The van der Waals surface area contributed by atoms with Crippen molar-refractivity contribution in [3.05, 3.63) is 0 Å². The second-order valence-corrected chi connectivity index (χ2v) is 4.34. The maximum atomic E-state index is 5.65. The van der Waals surface area contributed by atoms with Crippen LogP contribution in [0.3, 0.4) is 0 Å². The maximum absolute atomic E-state index is 5.65. The Balaban J connectivity index is 4.10. The fourth-order valence-corrected chi connectivity index (χ4v) is 1.46. The number of nitrogens with two attached hydrogens (primary N) is 1. The number of nitrogens with one attached hydrogen (secondary N) is 1. The van der Waals surface area contributed by atoms with Crippen molar-refractivity contribution in [2.24, 2.45) is 16.6 Å². The van der Waals surface area contributed by atoms with E-state index in [1.54, 1.807) is 7.05 Å². The van der Waals surface area contributed by atoms with E-state index in [9.17, 15) is 0 Å². The van der Waals surface area contributed by atoms with Crippen LogP contribution in [0.2, 0.25) is 0 Å². The number of guanidine groups is 1. The van der Waals surface area contributed by atoms with Crippen molar-refractivity contribution in [3.63, 3.8) is 0 Å². The van der Waals surface area contributed by atoms with Crippen LogP contribution in [0.5, 0.6) is 0 Å². The SMILES string of the molecule is CN=C(N)NC(CC(C)C)CN(C)C. The van der Waals surface area contributed by atoms with Crippen molar-refractivity contribution in [2.75, 3.05) is 27.7 Å². The van der Waals surface area contributed by atoms with Crippen molar-refractivity contribution < 1.29 is 0 Å². The Labute approximate surface area is 87.6 Å². The lowest BCUT2D eigenvalue weighted by Crippen LogP contribution is -2.45. The fourth-order valence-electron chi connectivity index (χ4n) is 1.46. The number of likely N-dealkylation sites (N-methyl/N-ethyl adjacent to an activating group) is 1. The molecule has 0 aromatic carbocycles. The summed E-state index contributed by atoms with van der Waals surface area (Å²) in [6, 6.07) is 0.383. The van der Waals surface area contributed by atoms with E-state index in [0.29, 0.717) is 17.9 Å². The molecule has 14 heavy (non-hydrogen) atoms. The van der Waals surface area contributed by atoms with Crippen LogP contribution in [0.25, 0.3) is 0 Å². The summed E-state index contributed by atoms with van der Waals surface area (Å²) < 4.78 is 0. The minimum Gasteiger partial charge on any atom is -0.370 e. The molecule has 4 nitrogen and oxygen atoms in total. The number of hydrogen-bond acceptors (Lipinski definition) is 2. The lowest BCUT2D eigenvalue weighted by atomic mass is 10.0. The Morgan fingerprint density at radius 1 is 1.43 bits per heavy atom. The topological polar surface area (TPSA) is 53.6 Å². The molecule has 0 heterocycles. The molecule has 0 aliphatic rings. The average Bonchev–Trinajstić information content (AvgIpc) is 2.01. The highest BCUT2D eigenvalue weighted by atomic mass is 15.2. The maximum Gasteiger partial charge on any atom is 0.188 e. The summed E-state index contributed by atoms with van der Waals surface area (Å²) in [7, 11) is 5.83. The first-order chi connectivity index (χ1) is 6.45. The van der Waals surface area contributed by atoms with Crippen molar-refractivity contribution in [3.8, 4) is 0 Å². The molecule has 0 aliphatic heterocycles. The van der Waals surface area contributed by atoms with Crippen LogP contribution in [0.4, 0.5) is 0 Å². The van der Waals surface area contributed by atoms with Gasteiger partial charge in [0.2, 0.25) is 0 Å². The van der Waals surface area contributed by atoms with Gasteiger partial charge in [-0.2, -0.15) is 0 Å². The lowest BCUT2D eigenvalue weighted by Gasteiger charge is -2.24. The third kappa shape index (κ3) is 6.71. The first kappa shape index (κ1) is 13.2. The Morgan fingerprint density at radius 3 is 2.36 bits per heavy atom. The minimum absolute atomic E-state index is 0.383. The summed E-state index contributed by atoms with van der Waals surface area (Å²) in [5, 5.41) is 3.22. The molecule has 1 atom stereocenters. The van der Waals surface area contributed by atoms with Crippen molar-refractivity contribution in [1.29, 1.82) is 0 Å². The van der Waals surface area contributed by atoms with Crippen LogP contribution in [-0.2, 0) is 0 Å². The molecule has 0 aromatic rings. The van der Waals surface area contributed by atoms with Gasteiger partial charge >= 0.3 is 0 Å². The van der Waals surface area contributed by atoms with E-state index in [2.05, 4.69) is 43.2 Å². The summed E-state index contributed by atoms with van der Waals surface area (Å²) in [4.78, 5) is 6.06. The van der Waals surface area contributed by atoms with Crippen LogP contribution < -0.4 is 11.1 Å². The van der Waals surface area contributed by atoms with Crippen LogP contribution in [-0.4, -0.2) is 44.6 Å². The smallest absolute Gasteiger partial charge is 0.188 e. The summed E-state index contributed by atoms with van der Waals surface area (Å²) in [5.74, 6) is 1.19. The highest BCUT2D eigenvalue weighted by Gasteiger charge is 2.11.